The molecule has 0 aliphatic carbocycles. The smallest absolute Gasteiger partial charge is 0.335 e. The molecular weight excluding hydrogens is 272 g/mol. The first-order chi connectivity index (χ1) is 9.58. The molecule has 0 aliphatic rings. The summed E-state index contributed by atoms with van der Waals surface area (Å²) in [5.41, 5.74) is 3.20. The molecule has 0 aliphatic heterocycles. The van der Waals surface area contributed by atoms with Crippen LogP contribution in [0.2, 0.25) is 0 Å². The molecule has 0 fully saturated rings. The summed E-state index contributed by atoms with van der Waals surface area (Å²) in [6.07, 6.45) is 0. The van der Waals surface area contributed by atoms with E-state index in [1.807, 2.05) is 13.0 Å². The zero-order valence-corrected chi connectivity index (χ0v) is 12.0. The fourth-order valence-electron chi connectivity index (χ4n) is 2.50. The number of aromatic carboxylic acids is 1. The minimum Gasteiger partial charge on any atom is -0.478 e. The van der Waals surface area contributed by atoms with Crippen LogP contribution in [0.4, 0.5) is 0 Å². The number of nitrogens with zero attached hydrogens (tertiary/aromatic N) is 2. The third-order valence-corrected chi connectivity index (χ3v) is 4.23. The van der Waals surface area contributed by atoms with Gasteiger partial charge in [-0.1, -0.05) is 0 Å². The maximum Gasteiger partial charge on any atom is 0.335 e. The standard InChI is InChI=1S/C15H14N2O2S/c1-9(12-5-6-20-8-12)17-10(2)16-13-7-11(15(18)19)3-4-14(13)17/h3-9H,1-2H3,(H,18,19). The monoisotopic (exact) mass is 286 g/mol. The molecule has 5 heteroatoms. The maximum atomic E-state index is 11.0. The molecule has 3 aromatic rings. The number of thiophene rings is 1. The zero-order chi connectivity index (χ0) is 14.3. The number of aromatic nitrogens is 2. The lowest BCUT2D eigenvalue weighted by atomic mass is 10.1. The maximum absolute atomic E-state index is 11.0. The number of rotatable bonds is 3. The minimum atomic E-state index is -0.926. The summed E-state index contributed by atoms with van der Waals surface area (Å²) < 4.78 is 2.14. The molecule has 2 heterocycles. The van der Waals surface area contributed by atoms with Crippen molar-refractivity contribution in [1.82, 2.24) is 9.55 Å². The molecule has 3 rings (SSSR count). The van der Waals surface area contributed by atoms with E-state index in [9.17, 15) is 4.79 Å². The summed E-state index contributed by atoms with van der Waals surface area (Å²) >= 11 is 1.67. The van der Waals surface area contributed by atoms with Gasteiger partial charge in [0.2, 0.25) is 0 Å². The Hall–Kier alpha value is -2.14. The number of benzene rings is 1. The molecule has 0 saturated heterocycles. The van der Waals surface area contributed by atoms with E-state index in [2.05, 4.69) is 33.3 Å². The largest absolute Gasteiger partial charge is 0.478 e. The molecular formula is C15H14N2O2S. The van der Waals surface area contributed by atoms with Gasteiger partial charge in [-0.3, -0.25) is 0 Å². The van der Waals surface area contributed by atoms with Crippen molar-refractivity contribution in [2.45, 2.75) is 19.9 Å². The normalized spacial score (nSPS) is 12.7. The molecule has 4 nitrogen and oxygen atoms in total. The highest BCUT2D eigenvalue weighted by Crippen LogP contribution is 2.27. The van der Waals surface area contributed by atoms with Crippen LogP contribution in [0.15, 0.2) is 35.0 Å². The third kappa shape index (κ3) is 2.00. The van der Waals surface area contributed by atoms with E-state index in [1.165, 1.54) is 5.56 Å². The van der Waals surface area contributed by atoms with Crippen molar-refractivity contribution in [3.8, 4) is 0 Å². The predicted molar refractivity (Wildman–Crippen MR) is 79.6 cm³/mol. The van der Waals surface area contributed by atoms with E-state index in [0.717, 1.165) is 16.9 Å². The highest BCUT2D eigenvalue weighted by molar-refractivity contribution is 7.07. The van der Waals surface area contributed by atoms with E-state index in [0.29, 0.717) is 0 Å². The number of hydrogen-bond acceptors (Lipinski definition) is 3. The Balaban J connectivity index is 2.16. The lowest BCUT2D eigenvalue weighted by molar-refractivity contribution is 0.0697. The fraction of sp³-hybridized carbons (Fsp3) is 0.200. The van der Waals surface area contributed by atoms with Gasteiger partial charge < -0.3 is 9.67 Å². The van der Waals surface area contributed by atoms with Crippen LogP contribution in [0.5, 0.6) is 0 Å². The third-order valence-electron chi connectivity index (χ3n) is 3.53. The first-order valence-corrected chi connectivity index (χ1v) is 7.26. The molecule has 1 N–H and O–H groups in total. The van der Waals surface area contributed by atoms with E-state index < -0.39 is 5.97 Å². The van der Waals surface area contributed by atoms with Crippen molar-refractivity contribution in [3.05, 3.63) is 52.0 Å². The van der Waals surface area contributed by atoms with E-state index in [4.69, 9.17) is 5.11 Å². The zero-order valence-electron chi connectivity index (χ0n) is 11.2. The molecule has 1 aromatic carbocycles. The highest BCUT2D eigenvalue weighted by Gasteiger charge is 2.16. The predicted octanol–water partition coefficient (Wildman–Crippen LogP) is 3.71. The summed E-state index contributed by atoms with van der Waals surface area (Å²) in [6.45, 7) is 4.07. The Kier molecular flexibility index (Phi) is 3.06. The Labute approximate surface area is 120 Å². The summed E-state index contributed by atoms with van der Waals surface area (Å²) in [5.74, 6) is -0.0359. The lowest BCUT2D eigenvalue weighted by Gasteiger charge is -2.15. The van der Waals surface area contributed by atoms with E-state index in [1.54, 1.807) is 23.5 Å². The van der Waals surface area contributed by atoms with Gasteiger partial charge in [0.1, 0.15) is 5.82 Å². The Morgan fingerprint density at radius 2 is 2.20 bits per heavy atom. The summed E-state index contributed by atoms with van der Waals surface area (Å²) in [4.78, 5) is 15.5. The van der Waals surface area contributed by atoms with Crippen LogP contribution in [-0.4, -0.2) is 20.6 Å². The average Bonchev–Trinajstić information content (AvgIpc) is 3.03. The van der Waals surface area contributed by atoms with Crippen molar-refractivity contribution in [1.29, 1.82) is 0 Å². The van der Waals surface area contributed by atoms with Crippen molar-refractivity contribution in [3.63, 3.8) is 0 Å². The molecule has 0 bridgehead atoms. The van der Waals surface area contributed by atoms with E-state index in [-0.39, 0.29) is 11.6 Å². The second-order valence-electron chi connectivity index (χ2n) is 4.77. The van der Waals surface area contributed by atoms with Crippen LogP contribution in [0.25, 0.3) is 11.0 Å². The quantitative estimate of drug-likeness (QED) is 0.798. The Morgan fingerprint density at radius 3 is 2.85 bits per heavy atom. The first-order valence-electron chi connectivity index (χ1n) is 6.32. The first kappa shape index (κ1) is 12.9. The van der Waals surface area contributed by atoms with Gasteiger partial charge in [-0.2, -0.15) is 11.3 Å². The summed E-state index contributed by atoms with van der Waals surface area (Å²) in [7, 11) is 0. The average molecular weight is 286 g/mol. The van der Waals surface area contributed by atoms with Gasteiger partial charge >= 0.3 is 5.97 Å². The van der Waals surface area contributed by atoms with Gasteiger partial charge in [0.25, 0.3) is 0 Å². The van der Waals surface area contributed by atoms with Crippen LogP contribution >= 0.6 is 11.3 Å². The van der Waals surface area contributed by atoms with Gasteiger partial charge in [0.05, 0.1) is 22.6 Å². The number of aryl methyl sites for hydroxylation is 1. The number of carboxylic acids is 1. The van der Waals surface area contributed by atoms with Gasteiger partial charge in [0, 0.05) is 0 Å². The SMILES string of the molecule is Cc1nc2cc(C(=O)O)ccc2n1C(C)c1ccsc1. The second kappa shape index (κ2) is 4.76. The van der Waals surface area contributed by atoms with Crippen LogP contribution in [-0.2, 0) is 0 Å². The fourth-order valence-corrected chi connectivity index (χ4v) is 3.25. The number of imidazole rings is 1. The number of hydrogen-bond donors (Lipinski definition) is 1. The Morgan fingerprint density at radius 1 is 1.40 bits per heavy atom. The molecule has 102 valence electrons. The van der Waals surface area contributed by atoms with E-state index >= 15 is 0 Å². The molecule has 1 unspecified atom stereocenters. The molecule has 20 heavy (non-hydrogen) atoms. The number of fused-ring (bicyclic) bond motifs is 1. The van der Waals surface area contributed by atoms with Crippen LogP contribution < -0.4 is 0 Å². The minimum absolute atomic E-state index is 0.182. The molecule has 0 spiro atoms. The number of carboxylic acid groups (broad SMARTS) is 1. The molecule has 0 radical (unpaired) electrons. The molecule has 0 amide bonds. The van der Waals surface area contributed by atoms with Crippen LogP contribution in [0.1, 0.15) is 34.7 Å². The van der Waals surface area contributed by atoms with Gasteiger partial charge in [-0.05, 0) is 54.4 Å². The number of carbonyl (C=O) groups is 1. The van der Waals surface area contributed by atoms with Crippen LogP contribution in [0, 0.1) is 6.92 Å². The van der Waals surface area contributed by atoms with Crippen molar-refractivity contribution >= 4 is 28.3 Å². The molecule has 0 saturated carbocycles. The summed E-state index contributed by atoms with van der Waals surface area (Å²) in [5, 5.41) is 13.2. The highest BCUT2D eigenvalue weighted by atomic mass is 32.1. The van der Waals surface area contributed by atoms with Crippen molar-refractivity contribution in [2.75, 3.05) is 0 Å². The Bertz CT molecular complexity index is 775. The van der Waals surface area contributed by atoms with Crippen molar-refractivity contribution in [2.24, 2.45) is 0 Å². The van der Waals surface area contributed by atoms with Crippen molar-refractivity contribution < 1.29 is 9.90 Å². The van der Waals surface area contributed by atoms with Crippen LogP contribution in [0.3, 0.4) is 0 Å². The topological polar surface area (TPSA) is 55.1 Å². The second-order valence-corrected chi connectivity index (χ2v) is 5.55. The lowest BCUT2D eigenvalue weighted by Crippen LogP contribution is -2.07. The molecule has 1 atom stereocenters. The summed E-state index contributed by atoms with van der Waals surface area (Å²) in [6, 6.07) is 7.37. The molecule has 2 aromatic heterocycles. The van der Waals surface area contributed by atoms with Gasteiger partial charge in [0.15, 0.2) is 0 Å². The van der Waals surface area contributed by atoms with Gasteiger partial charge in [-0.25, -0.2) is 9.78 Å². The van der Waals surface area contributed by atoms with Gasteiger partial charge in [-0.15, -0.1) is 0 Å².